The minimum absolute atomic E-state index is 0.102. The molecule has 0 atom stereocenters. The number of para-hydroxylation sites is 1. The monoisotopic (exact) mass is 270 g/mol. The first kappa shape index (κ1) is 13.7. The number of amides is 1. The van der Waals surface area contributed by atoms with Crippen LogP contribution in [-0.2, 0) is 4.74 Å². The highest BCUT2D eigenvalue weighted by atomic mass is 16.5. The number of aryl methyl sites for hydroxylation is 1. The van der Waals surface area contributed by atoms with E-state index in [1.165, 1.54) is 13.2 Å². The number of carbonyl (C=O) groups is 2. The first-order chi connectivity index (χ1) is 9.61. The summed E-state index contributed by atoms with van der Waals surface area (Å²) in [4.78, 5) is 27.5. The number of esters is 1. The number of hydrogen-bond donors (Lipinski definition) is 1. The lowest BCUT2D eigenvalue weighted by atomic mass is 10.2. The summed E-state index contributed by atoms with van der Waals surface area (Å²) in [5.74, 6) is -0.944. The third kappa shape index (κ3) is 3.00. The van der Waals surface area contributed by atoms with Gasteiger partial charge in [-0.2, -0.15) is 0 Å². The number of methoxy groups -OCH3 is 1. The van der Waals surface area contributed by atoms with Gasteiger partial charge in [-0.25, -0.2) is 9.78 Å². The van der Waals surface area contributed by atoms with Crippen LogP contribution in [0.1, 0.15) is 26.5 Å². The molecule has 1 aromatic carbocycles. The first-order valence-electron chi connectivity index (χ1n) is 6.04. The smallest absolute Gasteiger partial charge is 0.356 e. The maximum absolute atomic E-state index is 12.1. The van der Waals surface area contributed by atoms with Gasteiger partial charge in [-0.05, 0) is 30.7 Å². The molecular weight excluding hydrogens is 256 g/mol. The number of rotatable bonds is 3. The molecule has 1 aromatic heterocycles. The zero-order valence-corrected chi connectivity index (χ0v) is 11.2. The molecule has 1 amide bonds. The molecule has 0 unspecified atom stereocenters. The van der Waals surface area contributed by atoms with Crippen LogP contribution >= 0.6 is 0 Å². The van der Waals surface area contributed by atoms with E-state index in [9.17, 15) is 9.59 Å². The molecule has 2 aromatic rings. The normalized spacial score (nSPS) is 9.90. The van der Waals surface area contributed by atoms with Crippen LogP contribution in [0.4, 0.5) is 5.69 Å². The molecule has 0 saturated heterocycles. The number of anilines is 1. The molecule has 0 bridgehead atoms. The Morgan fingerprint density at radius 1 is 1.05 bits per heavy atom. The summed E-state index contributed by atoms with van der Waals surface area (Å²) < 4.78 is 4.58. The maximum Gasteiger partial charge on any atom is 0.356 e. The summed E-state index contributed by atoms with van der Waals surface area (Å²) in [6, 6.07) is 12.1. The van der Waals surface area contributed by atoms with E-state index in [0.29, 0.717) is 5.69 Å². The fourth-order valence-corrected chi connectivity index (χ4v) is 1.68. The zero-order valence-electron chi connectivity index (χ0n) is 11.2. The highest BCUT2D eigenvalue weighted by Gasteiger charge is 2.13. The van der Waals surface area contributed by atoms with Gasteiger partial charge < -0.3 is 10.1 Å². The average molecular weight is 270 g/mol. The second-order valence-electron chi connectivity index (χ2n) is 4.17. The van der Waals surface area contributed by atoms with Crippen molar-refractivity contribution in [2.45, 2.75) is 6.92 Å². The predicted molar refractivity (Wildman–Crippen MR) is 74.7 cm³/mol. The van der Waals surface area contributed by atoms with Gasteiger partial charge in [0, 0.05) is 5.69 Å². The number of hydrogen-bond acceptors (Lipinski definition) is 4. The van der Waals surface area contributed by atoms with E-state index in [0.717, 1.165) is 5.56 Å². The molecule has 2 rings (SSSR count). The van der Waals surface area contributed by atoms with Gasteiger partial charge in [-0.15, -0.1) is 0 Å². The maximum atomic E-state index is 12.1. The standard InChI is InChI=1S/C15H14N2O3/c1-10-6-3-4-7-11(10)17-14(18)12-8-5-9-13(16-12)15(19)20-2/h3-9H,1-2H3,(H,17,18). The molecule has 0 radical (unpaired) electrons. The molecular formula is C15H14N2O3. The Hall–Kier alpha value is -2.69. The molecule has 0 fully saturated rings. The third-order valence-corrected chi connectivity index (χ3v) is 2.77. The van der Waals surface area contributed by atoms with Gasteiger partial charge in [0.15, 0.2) is 0 Å². The molecule has 0 saturated carbocycles. The summed E-state index contributed by atoms with van der Waals surface area (Å²) in [6.45, 7) is 1.90. The quantitative estimate of drug-likeness (QED) is 0.870. The van der Waals surface area contributed by atoms with Gasteiger partial charge in [0.05, 0.1) is 7.11 Å². The van der Waals surface area contributed by atoms with E-state index >= 15 is 0 Å². The van der Waals surface area contributed by atoms with Crippen LogP contribution < -0.4 is 5.32 Å². The lowest BCUT2D eigenvalue weighted by molar-refractivity contribution is 0.0594. The van der Waals surface area contributed by atoms with Gasteiger partial charge >= 0.3 is 5.97 Å². The Kier molecular flexibility index (Phi) is 4.10. The van der Waals surface area contributed by atoms with Crippen LogP contribution in [0.5, 0.6) is 0 Å². The summed E-state index contributed by atoms with van der Waals surface area (Å²) >= 11 is 0. The van der Waals surface area contributed by atoms with Crippen molar-refractivity contribution in [3.63, 3.8) is 0 Å². The average Bonchev–Trinajstić information content (AvgIpc) is 2.49. The molecule has 0 aliphatic heterocycles. The van der Waals surface area contributed by atoms with E-state index in [1.807, 2.05) is 25.1 Å². The van der Waals surface area contributed by atoms with E-state index < -0.39 is 5.97 Å². The van der Waals surface area contributed by atoms with Gasteiger partial charge in [0.2, 0.25) is 0 Å². The molecule has 102 valence electrons. The van der Waals surface area contributed by atoms with Gasteiger partial charge in [0.25, 0.3) is 5.91 Å². The van der Waals surface area contributed by atoms with Crippen LogP contribution in [0.3, 0.4) is 0 Å². The van der Waals surface area contributed by atoms with Crippen molar-refractivity contribution in [3.8, 4) is 0 Å². The third-order valence-electron chi connectivity index (χ3n) is 2.77. The largest absolute Gasteiger partial charge is 0.464 e. The molecule has 1 N–H and O–H groups in total. The van der Waals surface area contributed by atoms with Crippen molar-refractivity contribution in [3.05, 3.63) is 59.4 Å². The topological polar surface area (TPSA) is 68.3 Å². The lowest BCUT2D eigenvalue weighted by Crippen LogP contribution is -2.16. The van der Waals surface area contributed by atoms with Crippen molar-refractivity contribution in [1.82, 2.24) is 4.98 Å². The number of ether oxygens (including phenoxy) is 1. The fraction of sp³-hybridized carbons (Fsp3) is 0.133. The zero-order chi connectivity index (χ0) is 14.5. The number of carbonyl (C=O) groups excluding carboxylic acids is 2. The highest BCUT2D eigenvalue weighted by Crippen LogP contribution is 2.14. The number of nitrogens with one attached hydrogen (secondary N) is 1. The van der Waals surface area contributed by atoms with E-state index in [1.54, 1.807) is 18.2 Å². The highest BCUT2D eigenvalue weighted by molar-refractivity contribution is 6.03. The van der Waals surface area contributed by atoms with Crippen molar-refractivity contribution < 1.29 is 14.3 Å². The Morgan fingerprint density at radius 3 is 2.45 bits per heavy atom. The molecule has 20 heavy (non-hydrogen) atoms. The Morgan fingerprint density at radius 2 is 1.75 bits per heavy atom. The van der Waals surface area contributed by atoms with Gasteiger partial charge in [-0.1, -0.05) is 24.3 Å². The minimum Gasteiger partial charge on any atom is -0.464 e. The molecule has 1 heterocycles. The summed E-state index contributed by atoms with van der Waals surface area (Å²) in [7, 11) is 1.27. The van der Waals surface area contributed by atoms with Crippen LogP contribution in [0.15, 0.2) is 42.5 Å². The molecule has 0 spiro atoms. The van der Waals surface area contributed by atoms with Crippen molar-refractivity contribution in [1.29, 1.82) is 0 Å². The van der Waals surface area contributed by atoms with E-state index in [4.69, 9.17) is 0 Å². The molecule has 0 aliphatic carbocycles. The second-order valence-corrected chi connectivity index (χ2v) is 4.17. The van der Waals surface area contributed by atoms with Crippen LogP contribution in [0.2, 0.25) is 0 Å². The van der Waals surface area contributed by atoms with Crippen molar-refractivity contribution in [2.75, 3.05) is 12.4 Å². The fourth-order valence-electron chi connectivity index (χ4n) is 1.68. The molecule has 5 heteroatoms. The Balaban J connectivity index is 2.22. The predicted octanol–water partition coefficient (Wildman–Crippen LogP) is 2.43. The van der Waals surface area contributed by atoms with Crippen LogP contribution in [0, 0.1) is 6.92 Å². The number of aromatic nitrogens is 1. The van der Waals surface area contributed by atoms with Crippen molar-refractivity contribution in [2.24, 2.45) is 0 Å². The summed E-state index contributed by atoms with van der Waals surface area (Å²) in [5.41, 5.74) is 1.92. The van der Waals surface area contributed by atoms with Crippen molar-refractivity contribution >= 4 is 17.6 Å². The molecule has 5 nitrogen and oxygen atoms in total. The first-order valence-corrected chi connectivity index (χ1v) is 6.04. The lowest BCUT2D eigenvalue weighted by Gasteiger charge is -2.08. The van der Waals surface area contributed by atoms with E-state index in [2.05, 4.69) is 15.0 Å². The summed E-state index contributed by atoms with van der Waals surface area (Å²) in [6.07, 6.45) is 0. The van der Waals surface area contributed by atoms with E-state index in [-0.39, 0.29) is 17.3 Å². The van der Waals surface area contributed by atoms with Gasteiger partial charge in [0.1, 0.15) is 11.4 Å². The number of benzene rings is 1. The number of nitrogens with zero attached hydrogens (tertiary/aromatic N) is 1. The summed E-state index contributed by atoms with van der Waals surface area (Å²) in [5, 5.41) is 2.76. The second kappa shape index (κ2) is 5.97. The van der Waals surface area contributed by atoms with Crippen LogP contribution in [-0.4, -0.2) is 24.0 Å². The molecule has 0 aliphatic rings. The SMILES string of the molecule is COC(=O)c1cccc(C(=O)Nc2ccccc2C)n1. The Bertz CT molecular complexity index is 653. The van der Waals surface area contributed by atoms with Crippen LogP contribution in [0.25, 0.3) is 0 Å². The van der Waals surface area contributed by atoms with Gasteiger partial charge in [-0.3, -0.25) is 4.79 Å². The minimum atomic E-state index is -0.574. The Labute approximate surface area is 116 Å². The number of pyridine rings is 1.